The van der Waals surface area contributed by atoms with Crippen LogP contribution in [0.5, 0.6) is 17.2 Å². The van der Waals surface area contributed by atoms with Crippen LogP contribution < -0.4 is 10.0 Å². The SMILES string of the molecule is COC(=O)C(Cc1ccccc1)NS(=O)(=O)c1ccc(NC(=O)c2cc(S(=O)(=O)N3CCc4ccccc4C3)c(O)c(O)c2O)cc1. The van der Waals surface area contributed by atoms with Crippen LogP contribution in [-0.2, 0) is 49.0 Å². The van der Waals surface area contributed by atoms with Crippen molar-refractivity contribution in [3.8, 4) is 17.2 Å². The minimum atomic E-state index is -4.44. The maximum Gasteiger partial charge on any atom is 0.324 e. The fourth-order valence-corrected chi connectivity index (χ4v) is 7.86. The van der Waals surface area contributed by atoms with E-state index >= 15 is 0 Å². The summed E-state index contributed by atoms with van der Waals surface area (Å²) in [5.41, 5.74) is 1.83. The normalized spacial score (nSPS) is 14.1. The van der Waals surface area contributed by atoms with Gasteiger partial charge in [-0.15, -0.1) is 0 Å². The smallest absolute Gasteiger partial charge is 0.324 e. The van der Waals surface area contributed by atoms with Gasteiger partial charge in [0.15, 0.2) is 11.5 Å². The van der Waals surface area contributed by atoms with Crippen molar-refractivity contribution in [1.82, 2.24) is 9.03 Å². The van der Waals surface area contributed by atoms with Crippen LogP contribution in [0.15, 0.2) is 94.7 Å². The van der Waals surface area contributed by atoms with E-state index in [9.17, 15) is 41.7 Å². The number of hydrogen-bond donors (Lipinski definition) is 5. The Bertz CT molecular complexity index is 2040. The first kappa shape index (κ1) is 33.4. The molecule has 0 aromatic heterocycles. The molecule has 1 aliphatic heterocycles. The van der Waals surface area contributed by atoms with E-state index in [1.54, 1.807) is 42.5 Å². The van der Waals surface area contributed by atoms with Crippen molar-refractivity contribution in [3.63, 3.8) is 0 Å². The number of fused-ring (bicyclic) bond motifs is 1. The van der Waals surface area contributed by atoms with E-state index in [0.29, 0.717) is 12.0 Å². The zero-order valence-corrected chi connectivity index (χ0v) is 26.6. The summed E-state index contributed by atoms with van der Waals surface area (Å²) < 4.78 is 61.5. The second kappa shape index (κ2) is 13.4. The van der Waals surface area contributed by atoms with Crippen LogP contribution in [0, 0.1) is 0 Å². The summed E-state index contributed by atoms with van der Waals surface area (Å²) in [6, 6.07) is 20.3. The number of aromatic hydroxyl groups is 3. The average molecular weight is 682 g/mol. The van der Waals surface area contributed by atoms with E-state index in [1.165, 1.54) is 12.1 Å². The maximum atomic E-state index is 13.5. The van der Waals surface area contributed by atoms with Gasteiger partial charge in [0.05, 0.1) is 17.6 Å². The van der Waals surface area contributed by atoms with Crippen LogP contribution in [0.3, 0.4) is 0 Å². The lowest BCUT2D eigenvalue weighted by Gasteiger charge is -2.28. The topological polar surface area (TPSA) is 200 Å². The van der Waals surface area contributed by atoms with Crippen molar-refractivity contribution in [2.45, 2.75) is 35.2 Å². The molecule has 0 bridgehead atoms. The number of phenolic OH excluding ortho intramolecular Hbond substituents is 3. The molecular formula is C32H31N3O10S2. The zero-order valence-electron chi connectivity index (χ0n) is 25.0. The molecule has 1 amide bonds. The van der Waals surface area contributed by atoms with Crippen molar-refractivity contribution >= 4 is 37.6 Å². The molecule has 1 heterocycles. The number of nitrogens with zero attached hydrogens (tertiary/aromatic N) is 1. The molecule has 1 atom stereocenters. The highest BCUT2D eigenvalue weighted by atomic mass is 32.2. The van der Waals surface area contributed by atoms with Crippen LogP contribution in [0.25, 0.3) is 0 Å². The van der Waals surface area contributed by atoms with Gasteiger partial charge in [-0.2, -0.15) is 9.03 Å². The highest BCUT2D eigenvalue weighted by Crippen LogP contribution is 2.44. The predicted molar refractivity (Wildman–Crippen MR) is 170 cm³/mol. The van der Waals surface area contributed by atoms with Crippen LogP contribution >= 0.6 is 0 Å². The van der Waals surface area contributed by atoms with Gasteiger partial charge < -0.3 is 25.4 Å². The fraction of sp³-hybridized carbons (Fsp3) is 0.188. The van der Waals surface area contributed by atoms with Gasteiger partial charge in [0.25, 0.3) is 5.91 Å². The first-order valence-corrected chi connectivity index (χ1v) is 17.1. The molecule has 15 heteroatoms. The molecule has 47 heavy (non-hydrogen) atoms. The fourth-order valence-electron chi connectivity index (χ4n) is 5.14. The Morgan fingerprint density at radius 1 is 0.851 bits per heavy atom. The Labute approximate surface area is 271 Å². The van der Waals surface area contributed by atoms with E-state index in [0.717, 1.165) is 40.7 Å². The summed E-state index contributed by atoms with van der Waals surface area (Å²) in [5.74, 6) is -5.21. The number of nitrogens with one attached hydrogen (secondary N) is 2. The highest BCUT2D eigenvalue weighted by molar-refractivity contribution is 7.89. The van der Waals surface area contributed by atoms with Gasteiger partial charge in [0.1, 0.15) is 10.9 Å². The van der Waals surface area contributed by atoms with E-state index in [4.69, 9.17) is 4.74 Å². The lowest BCUT2D eigenvalue weighted by molar-refractivity contribution is -0.142. The van der Waals surface area contributed by atoms with Crippen LogP contribution in [0.2, 0.25) is 0 Å². The molecule has 5 N–H and O–H groups in total. The molecule has 0 saturated heterocycles. The second-order valence-electron chi connectivity index (χ2n) is 10.7. The number of hydrogen-bond acceptors (Lipinski definition) is 10. The molecule has 0 fully saturated rings. The summed E-state index contributed by atoms with van der Waals surface area (Å²) in [5, 5.41) is 33.7. The molecule has 4 aromatic rings. The van der Waals surface area contributed by atoms with Crippen molar-refractivity contribution in [2.75, 3.05) is 19.0 Å². The summed E-state index contributed by atoms with van der Waals surface area (Å²) in [7, 11) is -7.53. The van der Waals surface area contributed by atoms with Gasteiger partial charge in [0, 0.05) is 18.8 Å². The first-order valence-electron chi connectivity index (χ1n) is 14.2. The number of carbonyl (C=O) groups is 2. The molecule has 0 aliphatic carbocycles. The number of rotatable bonds is 10. The van der Waals surface area contributed by atoms with Crippen LogP contribution in [0.4, 0.5) is 5.69 Å². The van der Waals surface area contributed by atoms with Gasteiger partial charge in [-0.05, 0) is 59.9 Å². The molecule has 4 aromatic carbocycles. The van der Waals surface area contributed by atoms with E-state index in [1.807, 2.05) is 12.1 Å². The van der Waals surface area contributed by atoms with E-state index in [2.05, 4.69) is 10.0 Å². The third-order valence-electron chi connectivity index (χ3n) is 7.66. The van der Waals surface area contributed by atoms with Crippen molar-refractivity contribution < 1.29 is 46.5 Å². The number of sulfonamides is 2. The Morgan fingerprint density at radius 3 is 2.15 bits per heavy atom. The minimum Gasteiger partial charge on any atom is -0.504 e. The summed E-state index contributed by atoms with van der Waals surface area (Å²) in [6.45, 7) is 0.0799. The Kier molecular flexibility index (Phi) is 9.53. The van der Waals surface area contributed by atoms with Crippen molar-refractivity contribution in [2.24, 2.45) is 0 Å². The number of carbonyl (C=O) groups excluding carboxylic acids is 2. The minimum absolute atomic E-state index is 0.00212. The molecule has 1 unspecified atom stereocenters. The number of amides is 1. The summed E-state index contributed by atoms with van der Waals surface area (Å²) >= 11 is 0. The average Bonchev–Trinajstić information content (AvgIpc) is 3.06. The second-order valence-corrected chi connectivity index (χ2v) is 14.3. The number of methoxy groups -OCH3 is 1. The molecule has 1 aliphatic rings. The molecule has 0 spiro atoms. The molecule has 0 saturated carbocycles. The maximum absolute atomic E-state index is 13.5. The largest absolute Gasteiger partial charge is 0.504 e. The molecule has 13 nitrogen and oxygen atoms in total. The third-order valence-corrected chi connectivity index (χ3v) is 11.0. The first-order chi connectivity index (χ1) is 22.3. The number of anilines is 1. The molecular weight excluding hydrogens is 650 g/mol. The lowest BCUT2D eigenvalue weighted by Crippen LogP contribution is -2.42. The third kappa shape index (κ3) is 7.07. The summed E-state index contributed by atoms with van der Waals surface area (Å²) in [6.07, 6.45) is 0.442. The monoisotopic (exact) mass is 681 g/mol. The Balaban J connectivity index is 1.35. The Morgan fingerprint density at radius 2 is 1.49 bits per heavy atom. The zero-order chi connectivity index (χ0) is 33.9. The highest BCUT2D eigenvalue weighted by Gasteiger charge is 2.34. The molecule has 246 valence electrons. The van der Waals surface area contributed by atoms with Crippen LogP contribution in [0.1, 0.15) is 27.0 Å². The quantitative estimate of drug-likeness (QED) is 0.123. The van der Waals surface area contributed by atoms with E-state index < -0.39 is 65.7 Å². The number of benzene rings is 4. The van der Waals surface area contributed by atoms with Gasteiger partial charge in [-0.1, -0.05) is 54.6 Å². The van der Waals surface area contributed by atoms with Gasteiger partial charge in [-0.3, -0.25) is 9.59 Å². The predicted octanol–water partition coefficient (Wildman–Crippen LogP) is 2.87. The molecule has 5 rings (SSSR count). The Hall–Kier alpha value is -4.96. The van der Waals surface area contributed by atoms with Crippen molar-refractivity contribution in [3.05, 3.63) is 107 Å². The van der Waals surface area contributed by atoms with Crippen molar-refractivity contribution in [1.29, 1.82) is 0 Å². The van der Waals surface area contributed by atoms with Gasteiger partial charge >= 0.3 is 5.97 Å². The molecule has 0 radical (unpaired) electrons. The van der Waals surface area contributed by atoms with Crippen LogP contribution in [-0.4, -0.2) is 68.0 Å². The lowest BCUT2D eigenvalue weighted by atomic mass is 10.0. The van der Waals surface area contributed by atoms with Gasteiger partial charge in [0.2, 0.25) is 25.8 Å². The number of phenols is 3. The summed E-state index contributed by atoms with van der Waals surface area (Å²) in [4.78, 5) is 24.5. The van der Waals surface area contributed by atoms with Gasteiger partial charge in [-0.25, -0.2) is 16.8 Å². The number of ether oxygens (including phenoxy) is 1. The number of esters is 1. The van der Waals surface area contributed by atoms with E-state index in [-0.39, 0.29) is 30.1 Å². The standard InChI is InChI=1S/C32H31N3O10S2/c1-45-32(40)26(17-20-7-3-2-4-8-20)34-46(41,42)24-13-11-23(12-14-24)33-31(39)25-18-27(29(37)30(38)28(25)36)47(43,44)35-16-15-21-9-5-6-10-22(21)19-35/h2-14,18,26,34,36-38H,15-17,19H2,1H3,(H,33,39).